The monoisotopic (exact) mass is 265 g/mol. The van der Waals surface area contributed by atoms with Crippen molar-refractivity contribution in [1.29, 1.82) is 0 Å². The van der Waals surface area contributed by atoms with E-state index in [-0.39, 0.29) is 11.5 Å². The van der Waals surface area contributed by atoms with Gasteiger partial charge in [0.15, 0.2) is 0 Å². The lowest BCUT2D eigenvalue weighted by Gasteiger charge is -2.15. The molecule has 18 heavy (non-hydrogen) atoms. The van der Waals surface area contributed by atoms with E-state index in [0.717, 1.165) is 0 Å². The van der Waals surface area contributed by atoms with E-state index in [0.29, 0.717) is 35.7 Å². The summed E-state index contributed by atoms with van der Waals surface area (Å²) in [5.41, 5.74) is 0.501. The van der Waals surface area contributed by atoms with Crippen molar-refractivity contribution in [2.45, 2.75) is 6.42 Å². The normalized spacial score (nSPS) is 19.6. The maximum Gasteiger partial charge on any atom is 0.308 e. The van der Waals surface area contributed by atoms with Crippen LogP contribution in [0.5, 0.6) is 0 Å². The average Bonchev–Trinajstić information content (AvgIpc) is 2.97. The lowest BCUT2D eigenvalue weighted by atomic mass is 10.1. The van der Waals surface area contributed by atoms with Crippen molar-refractivity contribution in [1.82, 2.24) is 9.97 Å². The molecular weight excluding hydrogens is 254 g/mol. The minimum absolute atomic E-state index is 0.163. The number of nitrogens with one attached hydrogen (secondary N) is 1. The largest absolute Gasteiger partial charge is 0.481 e. The molecule has 3 heterocycles. The van der Waals surface area contributed by atoms with Gasteiger partial charge in [-0.15, -0.1) is 11.3 Å². The molecule has 6 nitrogen and oxygen atoms in total. The molecule has 1 aliphatic heterocycles. The molecule has 1 aliphatic rings. The highest BCUT2D eigenvalue weighted by atomic mass is 32.1. The molecule has 1 saturated heterocycles. The first-order chi connectivity index (χ1) is 8.65. The number of hydrogen-bond donors (Lipinski definition) is 2. The van der Waals surface area contributed by atoms with Gasteiger partial charge in [-0.05, 0) is 17.9 Å². The Morgan fingerprint density at radius 3 is 3.17 bits per heavy atom. The fourth-order valence-corrected chi connectivity index (χ4v) is 2.89. The average molecular weight is 265 g/mol. The van der Waals surface area contributed by atoms with E-state index in [1.807, 2.05) is 10.3 Å². The molecule has 1 fully saturated rings. The van der Waals surface area contributed by atoms with Crippen LogP contribution >= 0.6 is 11.3 Å². The predicted octanol–water partition coefficient (Wildman–Crippen LogP) is 0.895. The zero-order chi connectivity index (χ0) is 12.7. The second-order valence-corrected chi connectivity index (χ2v) is 5.21. The van der Waals surface area contributed by atoms with E-state index in [2.05, 4.69) is 9.97 Å². The van der Waals surface area contributed by atoms with Crippen LogP contribution in [0.25, 0.3) is 10.2 Å². The highest BCUT2D eigenvalue weighted by Crippen LogP contribution is 2.22. The Balaban J connectivity index is 1.96. The van der Waals surface area contributed by atoms with Gasteiger partial charge in [0.2, 0.25) is 5.95 Å². The van der Waals surface area contributed by atoms with E-state index < -0.39 is 5.97 Å². The van der Waals surface area contributed by atoms with Gasteiger partial charge in [0, 0.05) is 13.1 Å². The molecule has 1 unspecified atom stereocenters. The van der Waals surface area contributed by atoms with Crippen LogP contribution in [0, 0.1) is 5.92 Å². The smallest absolute Gasteiger partial charge is 0.308 e. The molecule has 0 saturated carbocycles. The quantitative estimate of drug-likeness (QED) is 0.842. The summed E-state index contributed by atoms with van der Waals surface area (Å²) in [4.78, 5) is 31.6. The molecule has 0 amide bonds. The molecule has 7 heteroatoms. The molecular formula is C11H11N3O3S. The number of carbonyl (C=O) groups is 1. The molecule has 0 aromatic carbocycles. The van der Waals surface area contributed by atoms with Gasteiger partial charge in [-0.2, -0.15) is 0 Å². The lowest BCUT2D eigenvalue weighted by molar-refractivity contribution is -0.140. The van der Waals surface area contributed by atoms with Crippen LogP contribution in [-0.4, -0.2) is 34.1 Å². The molecule has 0 spiro atoms. The first-order valence-electron chi connectivity index (χ1n) is 5.60. The highest BCUT2D eigenvalue weighted by Gasteiger charge is 2.29. The van der Waals surface area contributed by atoms with Gasteiger partial charge in [0.05, 0.1) is 11.4 Å². The first kappa shape index (κ1) is 11.2. The van der Waals surface area contributed by atoms with Crippen molar-refractivity contribution in [2.24, 2.45) is 5.92 Å². The second kappa shape index (κ2) is 4.09. The Morgan fingerprint density at radius 2 is 2.44 bits per heavy atom. The van der Waals surface area contributed by atoms with Gasteiger partial charge in [-0.1, -0.05) is 0 Å². The summed E-state index contributed by atoms with van der Waals surface area (Å²) in [6.45, 7) is 1.00. The minimum atomic E-state index is -0.795. The second-order valence-electron chi connectivity index (χ2n) is 4.29. The van der Waals surface area contributed by atoms with Crippen molar-refractivity contribution in [3.8, 4) is 0 Å². The zero-order valence-electron chi connectivity index (χ0n) is 9.42. The summed E-state index contributed by atoms with van der Waals surface area (Å²) in [5.74, 6) is -0.709. The molecule has 2 aromatic heterocycles. The van der Waals surface area contributed by atoms with Crippen LogP contribution in [0.1, 0.15) is 6.42 Å². The Bertz CT molecular complexity index is 663. The molecule has 2 aromatic rings. The number of hydrogen-bond acceptors (Lipinski definition) is 5. The highest BCUT2D eigenvalue weighted by molar-refractivity contribution is 7.17. The third kappa shape index (κ3) is 1.76. The lowest BCUT2D eigenvalue weighted by Crippen LogP contribution is -2.26. The van der Waals surface area contributed by atoms with E-state index in [4.69, 9.17) is 5.11 Å². The number of carboxylic acid groups (broad SMARTS) is 1. The summed E-state index contributed by atoms with van der Waals surface area (Å²) >= 11 is 1.35. The number of nitrogens with zero attached hydrogens (tertiary/aromatic N) is 2. The third-order valence-electron chi connectivity index (χ3n) is 3.14. The summed E-state index contributed by atoms with van der Waals surface area (Å²) in [5, 5.41) is 10.8. The molecule has 1 atom stereocenters. The van der Waals surface area contributed by atoms with Crippen LogP contribution in [-0.2, 0) is 4.79 Å². The number of rotatable bonds is 2. The van der Waals surface area contributed by atoms with Gasteiger partial charge in [0.25, 0.3) is 5.56 Å². The molecule has 2 N–H and O–H groups in total. The van der Waals surface area contributed by atoms with Gasteiger partial charge < -0.3 is 10.0 Å². The van der Waals surface area contributed by atoms with Crippen LogP contribution in [0.4, 0.5) is 5.95 Å². The van der Waals surface area contributed by atoms with E-state index in [1.54, 1.807) is 6.07 Å². The van der Waals surface area contributed by atoms with Gasteiger partial charge in [-0.3, -0.25) is 14.6 Å². The topological polar surface area (TPSA) is 86.3 Å². The SMILES string of the molecule is O=C(O)C1CCN(c2nc3ccsc3c(=O)[nH]2)C1. The number of carboxylic acids is 1. The number of aromatic nitrogens is 2. The standard InChI is InChI=1S/C11H11N3O3S/c15-9-8-7(2-4-18-8)12-11(13-9)14-3-1-6(5-14)10(16)17/h2,4,6H,1,3,5H2,(H,16,17)(H,12,13,15). The number of fused-ring (bicyclic) bond motifs is 1. The number of H-pyrrole nitrogens is 1. The maximum atomic E-state index is 11.8. The van der Waals surface area contributed by atoms with E-state index in [1.165, 1.54) is 11.3 Å². The Labute approximate surface area is 106 Å². The van der Waals surface area contributed by atoms with Crippen molar-refractivity contribution in [3.05, 3.63) is 21.8 Å². The van der Waals surface area contributed by atoms with E-state index >= 15 is 0 Å². The third-order valence-corrected chi connectivity index (χ3v) is 4.04. The molecule has 0 aliphatic carbocycles. The molecule has 3 rings (SSSR count). The predicted molar refractivity (Wildman–Crippen MR) is 68.2 cm³/mol. The molecule has 0 bridgehead atoms. The van der Waals surface area contributed by atoms with Crippen LogP contribution in [0.3, 0.4) is 0 Å². The Hall–Kier alpha value is -1.89. The van der Waals surface area contributed by atoms with Crippen molar-refractivity contribution in [3.63, 3.8) is 0 Å². The number of aliphatic carboxylic acids is 1. The van der Waals surface area contributed by atoms with Crippen LogP contribution in [0.15, 0.2) is 16.2 Å². The minimum Gasteiger partial charge on any atom is -0.481 e. The van der Waals surface area contributed by atoms with Crippen molar-refractivity contribution < 1.29 is 9.90 Å². The first-order valence-corrected chi connectivity index (χ1v) is 6.48. The van der Waals surface area contributed by atoms with Gasteiger partial charge >= 0.3 is 5.97 Å². The van der Waals surface area contributed by atoms with E-state index in [9.17, 15) is 9.59 Å². The zero-order valence-corrected chi connectivity index (χ0v) is 10.2. The summed E-state index contributed by atoms with van der Waals surface area (Å²) in [7, 11) is 0. The summed E-state index contributed by atoms with van der Waals surface area (Å²) < 4.78 is 0.604. The number of anilines is 1. The van der Waals surface area contributed by atoms with Crippen molar-refractivity contribution >= 4 is 33.5 Å². The fraction of sp³-hybridized carbons (Fsp3) is 0.364. The number of thiophene rings is 1. The maximum absolute atomic E-state index is 11.8. The van der Waals surface area contributed by atoms with Gasteiger partial charge in [0.1, 0.15) is 4.70 Å². The molecule has 94 valence electrons. The number of aromatic amines is 1. The Kier molecular flexibility index (Phi) is 2.55. The molecule has 0 radical (unpaired) electrons. The summed E-state index contributed by atoms with van der Waals surface area (Å²) in [6.07, 6.45) is 0.584. The van der Waals surface area contributed by atoms with Crippen molar-refractivity contribution in [2.75, 3.05) is 18.0 Å². The van der Waals surface area contributed by atoms with Gasteiger partial charge in [-0.25, -0.2) is 4.98 Å². The summed E-state index contributed by atoms with van der Waals surface area (Å²) in [6, 6.07) is 1.80. The van der Waals surface area contributed by atoms with Crippen LogP contribution in [0.2, 0.25) is 0 Å². The fourth-order valence-electron chi connectivity index (χ4n) is 2.16. The van der Waals surface area contributed by atoms with Crippen LogP contribution < -0.4 is 10.5 Å². The Morgan fingerprint density at radius 1 is 1.61 bits per heavy atom.